The van der Waals surface area contributed by atoms with Crippen molar-refractivity contribution in [3.05, 3.63) is 75.2 Å². The van der Waals surface area contributed by atoms with E-state index in [4.69, 9.17) is 11.6 Å². The molecule has 1 aliphatic heterocycles. The van der Waals surface area contributed by atoms with Crippen LogP contribution in [0.25, 0.3) is 0 Å². The molecular formula is C22H22ClN3OS2. The van der Waals surface area contributed by atoms with Gasteiger partial charge in [-0.25, -0.2) is 4.98 Å². The van der Waals surface area contributed by atoms with E-state index in [1.165, 1.54) is 0 Å². The molecule has 0 radical (unpaired) electrons. The lowest BCUT2D eigenvalue weighted by Gasteiger charge is -2.36. The van der Waals surface area contributed by atoms with Crippen LogP contribution in [0.2, 0.25) is 5.02 Å². The Hall–Kier alpha value is -2.02. The largest absolute Gasteiger partial charge is 0.368 e. The maximum absolute atomic E-state index is 12.9. The Morgan fingerprint density at radius 1 is 1.14 bits per heavy atom. The lowest BCUT2D eigenvalue weighted by atomic mass is 10.1. The summed E-state index contributed by atoms with van der Waals surface area (Å²) in [5.41, 5.74) is 2.96. The minimum Gasteiger partial charge on any atom is -0.368 e. The van der Waals surface area contributed by atoms with Gasteiger partial charge in [0.2, 0.25) is 0 Å². The van der Waals surface area contributed by atoms with Crippen molar-refractivity contribution in [2.45, 2.75) is 17.6 Å². The van der Waals surface area contributed by atoms with E-state index in [-0.39, 0.29) is 5.91 Å². The molecule has 4 rings (SSSR count). The van der Waals surface area contributed by atoms with E-state index in [1.54, 1.807) is 23.1 Å². The predicted molar refractivity (Wildman–Crippen MR) is 122 cm³/mol. The Morgan fingerprint density at radius 2 is 1.90 bits per heavy atom. The molecule has 1 saturated heterocycles. The van der Waals surface area contributed by atoms with Crippen LogP contribution in [0.15, 0.2) is 58.8 Å². The molecule has 0 unspecified atom stereocenters. The molecule has 1 aliphatic rings. The minimum atomic E-state index is 0.0995. The fourth-order valence-corrected chi connectivity index (χ4v) is 5.04. The summed E-state index contributed by atoms with van der Waals surface area (Å²) in [4.78, 5) is 22.7. The van der Waals surface area contributed by atoms with Gasteiger partial charge < -0.3 is 9.80 Å². The third kappa shape index (κ3) is 5.13. The minimum absolute atomic E-state index is 0.0995. The van der Waals surface area contributed by atoms with Crippen LogP contribution in [0.5, 0.6) is 0 Å². The number of anilines is 1. The molecule has 2 aromatic carbocycles. The highest BCUT2D eigenvalue weighted by molar-refractivity contribution is 7.98. The van der Waals surface area contributed by atoms with Gasteiger partial charge >= 0.3 is 0 Å². The van der Waals surface area contributed by atoms with Crippen LogP contribution in [0, 0.1) is 6.92 Å². The first-order chi connectivity index (χ1) is 14.1. The van der Waals surface area contributed by atoms with Crippen molar-refractivity contribution in [3.8, 4) is 0 Å². The number of halogens is 1. The highest BCUT2D eigenvalue weighted by Gasteiger charge is 2.22. The summed E-state index contributed by atoms with van der Waals surface area (Å²) in [7, 11) is 0. The van der Waals surface area contributed by atoms with E-state index >= 15 is 0 Å². The molecule has 0 spiro atoms. The number of aryl methyl sites for hydroxylation is 1. The zero-order chi connectivity index (χ0) is 20.2. The first-order valence-electron chi connectivity index (χ1n) is 9.52. The highest BCUT2D eigenvalue weighted by atomic mass is 35.5. The van der Waals surface area contributed by atoms with Gasteiger partial charge in [0.05, 0.1) is 10.7 Å². The average molecular weight is 444 g/mol. The van der Waals surface area contributed by atoms with Gasteiger partial charge in [0, 0.05) is 58.5 Å². The molecule has 2 heterocycles. The van der Waals surface area contributed by atoms with Gasteiger partial charge in [0.25, 0.3) is 5.91 Å². The lowest BCUT2D eigenvalue weighted by molar-refractivity contribution is 0.0746. The van der Waals surface area contributed by atoms with Crippen LogP contribution in [-0.2, 0) is 5.75 Å². The number of hydrogen-bond donors (Lipinski definition) is 0. The van der Waals surface area contributed by atoms with Crippen molar-refractivity contribution in [1.29, 1.82) is 0 Å². The molecule has 7 heteroatoms. The van der Waals surface area contributed by atoms with Crippen LogP contribution in [0.3, 0.4) is 0 Å². The van der Waals surface area contributed by atoms with E-state index in [1.807, 2.05) is 54.3 Å². The quantitative estimate of drug-likeness (QED) is 0.497. The van der Waals surface area contributed by atoms with Gasteiger partial charge in [-0.3, -0.25) is 4.79 Å². The second-order valence-electron chi connectivity index (χ2n) is 6.93. The number of carbonyl (C=O) groups excluding carboxylic acids is 1. The molecule has 150 valence electrons. The van der Waals surface area contributed by atoms with Gasteiger partial charge in [0.15, 0.2) is 0 Å². The topological polar surface area (TPSA) is 36.4 Å². The van der Waals surface area contributed by atoms with Gasteiger partial charge in [-0.15, -0.1) is 23.1 Å². The van der Waals surface area contributed by atoms with E-state index in [0.29, 0.717) is 13.1 Å². The predicted octanol–water partition coefficient (Wildman–Crippen LogP) is 5.36. The normalized spacial score (nSPS) is 14.3. The third-order valence-electron chi connectivity index (χ3n) is 4.89. The van der Waals surface area contributed by atoms with Gasteiger partial charge in [-0.2, -0.15) is 0 Å². The Kier molecular flexibility index (Phi) is 6.43. The fourth-order valence-electron chi connectivity index (χ4n) is 3.35. The van der Waals surface area contributed by atoms with E-state index < -0.39 is 0 Å². The van der Waals surface area contributed by atoms with E-state index in [9.17, 15) is 4.79 Å². The Morgan fingerprint density at radius 3 is 2.55 bits per heavy atom. The standard InChI is InChI=1S/C22H22ClN3OS2/c1-16-24-19(14-28-16)15-29-21-7-5-17(6-8-21)22(27)26-11-9-25(10-12-26)20-4-2-3-18(23)13-20/h2-8,13-14H,9-12,15H2,1H3. The molecule has 3 aromatic rings. The first-order valence-corrected chi connectivity index (χ1v) is 11.8. The molecule has 1 aromatic heterocycles. The van der Waals surface area contributed by atoms with Crippen LogP contribution in [0.4, 0.5) is 5.69 Å². The monoisotopic (exact) mass is 443 g/mol. The van der Waals surface area contributed by atoms with Crippen LogP contribution in [0.1, 0.15) is 21.1 Å². The van der Waals surface area contributed by atoms with Crippen molar-refractivity contribution < 1.29 is 4.79 Å². The summed E-state index contributed by atoms with van der Waals surface area (Å²) in [6.45, 7) is 5.07. The zero-order valence-corrected chi connectivity index (χ0v) is 18.6. The smallest absolute Gasteiger partial charge is 0.253 e. The number of benzene rings is 2. The molecule has 1 amide bonds. The number of nitrogens with zero attached hydrogens (tertiary/aromatic N) is 3. The summed E-state index contributed by atoms with van der Waals surface area (Å²) in [6, 6.07) is 15.8. The Labute approximate surface area is 184 Å². The van der Waals surface area contributed by atoms with Crippen molar-refractivity contribution in [2.75, 3.05) is 31.1 Å². The molecular weight excluding hydrogens is 422 g/mol. The second-order valence-corrected chi connectivity index (χ2v) is 9.48. The summed E-state index contributed by atoms with van der Waals surface area (Å²) in [5.74, 6) is 0.950. The molecule has 0 bridgehead atoms. The number of thiazole rings is 1. The second kappa shape index (κ2) is 9.20. The number of carbonyl (C=O) groups is 1. The van der Waals surface area contributed by atoms with Crippen LogP contribution in [-0.4, -0.2) is 42.0 Å². The van der Waals surface area contributed by atoms with Gasteiger partial charge in [-0.1, -0.05) is 17.7 Å². The molecule has 1 fully saturated rings. The Bertz CT molecular complexity index is 982. The molecule has 0 aliphatic carbocycles. The van der Waals surface area contributed by atoms with Crippen molar-refractivity contribution in [3.63, 3.8) is 0 Å². The summed E-state index contributed by atoms with van der Waals surface area (Å²) >= 11 is 9.52. The number of hydrogen-bond acceptors (Lipinski definition) is 5. The van der Waals surface area contributed by atoms with Crippen molar-refractivity contribution in [2.24, 2.45) is 0 Å². The number of aromatic nitrogens is 1. The first kappa shape index (κ1) is 20.3. The van der Waals surface area contributed by atoms with E-state index in [2.05, 4.69) is 21.3 Å². The third-order valence-corrected chi connectivity index (χ3v) is 7.00. The maximum atomic E-state index is 12.9. The number of rotatable bonds is 5. The maximum Gasteiger partial charge on any atom is 0.253 e. The number of thioether (sulfide) groups is 1. The van der Waals surface area contributed by atoms with Crippen LogP contribution >= 0.6 is 34.7 Å². The highest BCUT2D eigenvalue weighted by Crippen LogP contribution is 2.25. The fraction of sp³-hybridized carbons (Fsp3) is 0.273. The zero-order valence-electron chi connectivity index (χ0n) is 16.2. The van der Waals surface area contributed by atoms with Gasteiger partial charge in [-0.05, 0) is 49.4 Å². The number of amides is 1. The van der Waals surface area contributed by atoms with Crippen LogP contribution < -0.4 is 4.90 Å². The van der Waals surface area contributed by atoms with Gasteiger partial charge in [0.1, 0.15) is 0 Å². The summed E-state index contributed by atoms with van der Waals surface area (Å²) < 4.78 is 0. The SMILES string of the molecule is Cc1nc(CSc2ccc(C(=O)N3CCN(c4cccc(Cl)c4)CC3)cc2)cs1. The molecule has 0 N–H and O–H groups in total. The molecule has 0 atom stereocenters. The van der Waals surface area contributed by atoms with Crippen molar-refractivity contribution >= 4 is 46.3 Å². The number of piperazine rings is 1. The molecule has 4 nitrogen and oxygen atoms in total. The molecule has 29 heavy (non-hydrogen) atoms. The average Bonchev–Trinajstić information content (AvgIpc) is 3.17. The Balaban J connectivity index is 1.31. The summed E-state index contributed by atoms with van der Waals surface area (Å²) in [6.07, 6.45) is 0. The summed E-state index contributed by atoms with van der Waals surface area (Å²) in [5, 5.41) is 3.93. The van der Waals surface area contributed by atoms with E-state index in [0.717, 1.165) is 50.7 Å². The molecule has 0 saturated carbocycles. The lowest BCUT2D eigenvalue weighted by Crippen LogP contribution is -2.48. The van der Waals surface area contributed by atoms with Crippen molar-refractivity contribution in [1.82, 2.24) is 9.88 Å².